The summed E-state index contributed by atoms with van der Waals surface area (Å²) in [5, 5.41) is 8.68. The van der Waals surface area contributed by atoms with Crippen molar-refractivity contribution >= 4 is 40.0 Å². The Bertz CT molecular complexity index is 675. The van der Waals surface area contributed by atoms with Crippen molar-refractivity contribution in [1.82, 2.24) is 4.98 Å². The van der Waals surface area contributed by atoms with E-state index < -0.39 is 23.6 Å². The van der Waals surface area contributed by atoms with Crippen LogP contribution in [0.25, 0.3) is 0 Å². The zero-order valence-corrected chi connectivity index (χ0v) is 13.9. The Morgan fingerprint density at radius 2 is 2.09 bits per heavy atom. The van der Waals surface area contributed by atoms with Gasteiger partial charge in [0.2, 0.25) is 5.95 Å². The molecule has 1 aromatic heterocycles. The molecule has 0 saturated heterocycles. The number of allylic oxidation sites excluding steroid dienone is 2. The standard InChI is InChI=1S/C13H10Cl2F4N2OS/c1-6(22)3-10(13(17,18)19)21-7(2)23-5-8-9(14)4-20-12(16)11(8)15/h3-4,22H,1,5H2,2H3/b10-3-,21-7+. The van der Waals surface area contributed by atoms with Crippen LogP contribution >= 0.6 is 35.0 Å². The third-order valence-corrected chi connectivity index (χ3v) is 3.97. The molecule has 10 heteroatoms. The predicted octanol–water partition coefficient (Wildman–Crippen LogP) is 5.70. The molecule has 0 aromatic carbocycles. The van der Waals surface area contributed by atoms with Crippen LogP contribution in [-0.4, -0.2) is 21.3 Å². The summed E-state index contributed by atoms with van der Waals surface area (Å²) in [7, 11) is 0. The third kappa shape index (κ3) is 6.04. The second kappa shape index (κ2) is 8.03. The SMILES string of the molecule is C=C(O)/C=C(\N=C(/C)SCc1c(Cl)cnc(F)c1Cl)C(F)(F)F. The van der Waals surface area contributed by atoms with Crippen molar-refractivity contribution in [3.8, 4) is 0 Å². The van der Waals surface area contributed by atoms with Gasteiger partial charge in [0.05, 0.1) is 10.1 Å². The first-order chi connectivity index (χ1) is 10.5. The van der Waals surface area contributed by atoms with Gasteiger partial charge in [0, 0.05) is 23.6 Å². The number of pyridine rings is 1. The summed E-state index contributed by atoms with van der Waals surface area (Å²) in [5.41, 5.74) is -1.11. The van der Waals surface area contributed by atoms with Crippen LogP contribution in [0.1, 0.15) is 12.5 Å². The number of thioether (sulfide) groups is 1. The minimum atomic E-state index is -4.76. The first-order valence-corrected chi connectivity index (χ1v) is 7.59. The molecule has 0 spiro atoms. The Kier molecular flexibility index (Phi) is 6.91. The lowest BCUT2D eigenvalue weighted by molar-refractivity contribution is -0.0925. The van der Waals surface area contributed by atoms with Crippen molar-refractivity contribution in [3.05, 3.63) is 51.9 Å². The molecule has 3 nitrogen and oxygen atoms in total. The van der Waals surface area contributed by atoms with E-state index in [1.165, 1.54) is 6.92 Å². The zero-order chi connectivity index (χ0) is 17.8. The maximum Gasteiger partial charge on any atom is 0.433 e. The molecule has 0 atom stereocenters. The number of aliphatic imine (C=N–C) groups is 1. The first kappa shape index (κ1) is 19.8. The molecule has 0 aliphatic heterocycles. The highest BCUT2D eigenvalue weighted by molar-refractivity contribution is 8.13. The van der Waals surface area contributed by atoms with Gasteiger partial charge in [-0.1, -0.05) is 29.8 Å². The van der Waals surface area contributed by atoms with E-state index in [9.17, 15) is 17.6 Å². The molecule has 1 rings (SSSR count). The van der Waals surface area contributed by atoms with Gasteiger partial charge in [-0.3, -0.25) is 0 Å². The molecule has 0 unspecified atom stereocenters. The van der Waals surface area contributed by atoms with Crippen LogP contribution in [0.5, 0.6) is 0 Å². The second-order valence-corrected chi connectivity index (χ2v) is 6.08. The van der Waals surface area contributed by atoms with Crippen molar-refractivity contribution in [2.24, 2.45) is 4.99 Å². The number of halogens is 6. The lowest BCUT2D eigenvalue weighted by Crippen LogP contribution is -2.11. The van der Waals surface area contributed by atoms with Gasteiger partial charge < -0.3 is 5.11 Å². The number of aromatic nitrogens is 1. The summed E-state index contributed by atoms with van der Waals surface area (Å²) < 4.78 is 51.5. The topological polar surface area (TPSA) is 45.5 Å². The molecule has 0 saturated carbocycles. The van der Waals surface area contributed by atoms with E-state index in [0.717, 1.165) is 18.0 Å². The molecule has 0 fully saturated rings. The molecule has 0 bridgehead atoms. The van der Waals surface area contributed by atoms with Crippen molar-refractivity contribution in [1.29, 1.82) is 0 Å². The molecule has 1 aromatic rings. The van der Waals surface area contributed by atoms with Crippen molar-refractivity contribution < 1.29 is 22.7 Å². The molecule has 23 heavy (non-hydrogen) atoms. The minimum absolute atomic E-state index is 0.00233. The van der Waals surface area contributed by atoms with Crippen LogP contribution in [0.2, 0.25) is 10.0 Å². The van der Waals surface area contributed by atoms with Gasteiger partial charge >= 0.3 is 6.18 Å². The minimum Gasteiger partial charge on any atom is -0.509 e. The van der Waals surface area contributed by atoms with Gasteiger partial charge in [-0.05, 0) is 6.92 Å². The lowest BCUT2D eigenvalue weighted by Gasteiger charge is -2.10. The van der Waals surface area contributed by atoms with E-state index in [2.05, 4.69) is 16.6 Å². The monoisotopic (exact) mass is 388 g/mol. The quantitative estimate of drug-likeness (QED) is 0.180. The molecule has 1 heterocycles. The Balaban J connectivity index is 2.97. The highest BCUT2D eigenvalue weighted by atomic mass is 35.5. The summed E-state index contributed by atoms with van der Waals surface area (Å²) in [6.07, 6.45) is -3.30. The van der Waals surface area contributed by atoms with E-state index in [0.29, 0.717) is 6.08 Å². The Morgan fingerprint density at radius 3 is 2.61 bits per heavy atom. The summed E-state index contributed by atoms with van der Waals surface area (Å²) in [5.74, 6) is -1.70. The van der Waals surface area contributed by atoms with Crippen LogP contribution in [0, 0.1) is 5.95 Å². The van der Waals surface area contributed by atoms with E-state index >= 15 is 0 Å². The number of aliphatic hydroxyl groups is 1. The molecule has 0 radical (unpaired) electrons. The number of rotatable bonds is 4. The molecule has 1 N–H and O–H groups in total. The van der Waals surface area contributed by atoms with Crippen LogP contribution in [0.15, 0.2) is 35.3 Å². The average Bonchev–Trinajstić information content (AvgIpc) is 2.41. The third-order valence-electron chi connectivity index (χ3n) is 2.32. The Morgan fingerprint density at radius 1 is 1.48 bits per heavy atom. The normalized spacial score (nSPS) is 13.3. The largest absolute Gasteiger partial charge is 0.509 e. The molecule has 0 amide bonds. The number of nitrogens with zero attached hydrogens (tertiary/aromatic N) is 2. The highest BCUT2D eigenvalue weighted by Gasteiger charge is 2.34. The van der Waals surface area contributed by atoms with Crippen molar-refractivity contribution in [2.75, 3.05) is 0 Å². The van der Waals surface area contributed by atoms with Crippen LogP contribution in [0.4, 0.5) is 17.6 Å². The number of aliphatic hydroxyl groups excluding tert-OH is 1. The number of alkyl halides is 3. The van der Waals surface area contributed by atoms with E-state index in [1.807, 2.05) is 0 Å². The Hall–Kier alpha value is -1.25. The van der Waals surface area contributed by atoms with Crippen molar-refractivity contribution in [3.63, 3.8) is 0 Å². The van der Waals surface area contributed by atoms with Crippen LogP contribution in [0.3, 0.4) is 0 Å². The van der Waals surface area contributed by atoms with Gasteiger partial charge in [-0.15, -0.1) is 11.8 Å². The molecule has 0 aliphatic carbocycles. The molecular weight excluding hydrogens is 379 g/mol. The molecule has 0 aliphatic rings. The molecule has 126 valence electrons. The lowest BCUT2D eigenvalue weighted by atomic mass is 10.3. The average molecular weight is 389 g/mol. The maximum absolute atomic E-state index is 13.3. The van der Waals surface area contributed by atoms with Gasteiger partial charge in [0.25, 0.3) is 0 Å². The number of hydrogen-bond acceptors (Lipinski definition) is 4. The van der Waals surface area contributed by atoms with E-state index in [-0.39, 0.29) is 26.4 Å². The highest BCUT2D eigenvalue weighted by Crippen LogP contribution is 2.31. The first-order valence-electron chi connectivity index (χ1n) is 5.85. The van der Waals surface area contributed by atoms with Gasteiger partial charge in [-0.2, -0.15) is 17.6 Å². The molecular formula is C13H10Cl2F4N2OS. The predicted molar refractivity (Wildman–Crippen MR) is 84.5 cm³/mol. The fraction of sp³-hybridized carbons (Fsp3) is 0.231. The van der Waals surface area contributed by atoms with Crippen molar-refractivity contribution in [2.45, 2.75) is 18.9 Å². The number of hydrogen-bond donors (Lipinski definition) is 1. The zero-order valence-electron chi connectivity index (χ0n) is 11.6. The Labute approximate surface area is 143 Å². The smallest absolute Gasteiger partial charge is 0.433 e. The van der Waals surface area contributed by atoms with E-state index in [1.54, 1.807) is 0 Å². The summed E-state index contributed by atoms with van der Waals surface area (Å²) in [6.45, 7) is 4.28. The maximum atomic E-state index is 13.3. The summed E-state index contributed by atoms with van der Waals surface area (Å²) in [6, 6.07) is 0. The van der Waals surface area contributed by atoms with Crippen LogP contribution < -0.4 is 0 Å². The van der Waals surface area contributed by atoms with Gasteiger partial charge in [0.1, 0.15) is 16.5 Å². The second-order valence-electron chi connectivity index (χ2n) is 4.13. The fourth-order valence-corrected chi connectivity index (χ4v) is 2.77. The van der Waals surface area contributed by atoms with Crippen LogP contribution in [-0.2, 0) is 5.75 Å². The van der Waals surface area contributed by atoms with Gasteiger partial charge in [0.15, 0.2) is 0 Å². The fourth-order valence-electron chi connectivity index (χ4n) is 1.32. The van der Waals surface area contributed by atoms with Gasteiger partial charge in [-0.25, -0.2) is 9.98 Å². The summed E-state index contributed by atoms with van der Waals surface area (Å²) in [4.78, 5) is 6.70. The summed E-state index contributed by atoms with van der Waals surface area (Å²) >= 11 is 12.4. The van der Waals surface area contributed by atoms with E-state index in [4.69, 9.17) is 28.3 Å².